The second-order valence-electron chi connectivity index (χ2n) is 4.23. The van der Waals surface area contributed by atoms with Crippen LogP contribution in [-0.2, 0) is 6.42 Å². The predicted octanol–water partition coefficient (Wildman–Crippen LogP) is 3.90. The van der Waals surface area contributed by atoms with Crippen LogP contribution in [0.25, 0.3) is 0 Å². The van der Waals surface area contributed by atoms with Crippen molar-refractivity contribution in [1.82, 2.24) is 4.98 Å². The summed E-state index contributed by atoms with van der Waals surface area (Å²) in [6, 6.07) is 4.77. The van der Waals surface area contributed by atoms with Gasteiger partial charge in [-0.25, -0.2) is 9.37 Å². The van der Waals surface area contributed by atoms with E-state index in [0.717, 1.165) is 16.3 Å². The van der Waals surface area contributed by atoms with E-state index >= 15 is 0 Å². The Labute approximate surface area is 118 Å². The molecule has 1 heterocycles. The van der Waals surface area contributed by atoms with E-state index in [0.29, 0.717) is 10.9 Å². The number of hydrogen-bond donors (Lipinski definition) is 1. The number of nitrogens with two attached hydrogens (primary N) is 1. The molecule has 0 fully saturated rings. The van der Waals surface area contributed by atoms with E-state index in [9.17, 15) is 4.39 Å². The van der Waals surface area contributed by atoms with Gasteiger partial charge in [0, 0.05) is 17.3 Å². The molecule has 0 aliphatic rings. The van der Waals surface area contributed by atoms with E-state index in [1.54, 1.807) is 17.4 Å². The highest BCUT2D eigenvalue weighted by atomic mass is 79.9. The van der Waals surface area contributed by atoms with Gasteiger partial charge in [0.25, 0.3) is 0 Å². The van der Waals surface area contributed by atoms with Gasteiger partial charge in [-0.1, -0.05) is 6.07 Å². The molecule has 2 nitrogen and oxygen atoms in total. The summed E-state index contributed by atoms with van der Waals surface area (Å²) in [6.45, 7) is 4.03. The van der Waals surface area contributed by atoms with Crippen LogP contribution in [0.15, 0.2) is 22.7 Å². The molecular formula is C13H14BrFN2S. The number of hydrogen-bond acceptors (Lipinski definition) is 3. The second-order valence-corrected chi connectivity index (χ2v) is 6.38. The van der Waals surface area contributed by atoms with E-state index in [4.69, 9.17) is 5.73 Å². The van der Waals surface area contributed by atoms with Crippen molar-refractivity contribution < 1.29 is 4.39 Å². The molecule has 1 atom stereocenters. The van der Waals surface area contributed by atoms with E-state index < -0.39 is 0 Å². The summed E-state index contributed by atoms with van der Waals surface area (Å²) in [7, 11) is 0. The van der Waals surface area contributed by atoms with Crippen molar-refractivity contribution in [2.45, 2.75) is 26.3 Å². The zero-order chi connectivity index (χ0) is 13.3. The normalized spacial score (nSPS) is 12.7. The van der Waals surface area contributed by atoms with Gasteiger partial charge in [0.05, 0.1) is 15.2 Å². The number of nitrogens with zero attached hydrogens (tertiary/aromatic N) is 1. The Bertz CT molecular complexity index is 549. The molecule has 2 N–H and O–H groups in total. The van der Waals surface area contributed by atoms with Crippen LogP contribution >= 0.6 is 27.3 Å². The standard InChI is InChI=1S/C13H14BrFN2S/c1-7-8(2)18-13(17-7)6-12(16)9-3-4-10(14)11(15)5-9/h3-5,12H,6,16H2,1-2H3. The summed E-state index contributed by atoms with van der Waals surface area (Å²) >= 11 is 4.78. The maximum atomic E-state index is 13.4. The monoisotopic (exact) mass is 328 g/mol. The quantitative estimate of drug-likeness (QED) is 0.927. The molecule has 18 heavy (non-hydrogen) atoms. The van der Waals surface area contributed by atoms with Gasteiger partial charge >= 0.3 is 0 Å². The van der Waals surface area contributed by atoms with Gasteiger partial charge in [0.15, 0.2) is 0 Å². The van der Waals surface area contributed by atoms with Gasteiger partial charge in [-0.2, -0.15) is 0 Å². The number of benzene rings is 1. The van der Waals surface area contributed by atoms with Crippen molar-refractivity contribution in [2.24, 2.45) is 5.73 Å². The Balaban J connectivity index is 2.16. The molecule has 0 aliphatic heterocycles. The average molecular weight is 329 g/mol. The highest BCUT2D eigenvalue weighted by molar-refractivity contribution is 9.10. The smallest absolute Gasteiger partial charge is 0.137 e. The highest BCUT2D eigenvalue weighted by Crippen LogP contribution is 2.24. The second kappa shape index (κ2) is 5.47. The van der Waals surface area contributed by atoms with Crippen molar-refractivity contribution >= 4 is 27.3 Å². The summed E-state index contributed by atoms with van der Waals surface area (Å²) in [6.07, 6.45) is 0.639. The van der Waals surface area contributed by atoms with Crippen molar-refractivity contribution in [3.8, 4) is 0 Å². The topological polar surface area (TPSA) is 38.9 Å². The molecule has 2 rings (SSSR count). The maximum Gasteiger partial charge on any atom is 0.137 e. The third-order valence-corrected chi connectivity index (χ3v) is 4.58. The molecule has 2 aromatic rings. The Hall–Kier alpha value is -0.780. The van der Waals surface area contributed by atoms with Crippen LogP contribution < -0.4 is 5.73 Å². The molecular weight excluding hydrogens is 315 g/mol. The van der Waals surface area contributed by atoms with Crippen molar-refractivity contribution in [3.05, 3.63) is 49.6 Å². The van der Waals surface area contributed by atoms with Crippen LogP contribution in [0.4, 0.5) is 4.39 Å². The fourth-order valence-electron chi connectivity index (χ4n) is 1.68. The lowest BCUT2D eigenvalue weighted by atomic mass is 10.1. The molecule has 1 aromatic heterocycles. The predicted molar refractivity (Wildman–Crippen MR) is 76.3 cm³/mol. The van der Waals surface area contributed by atoms with Gasteiger partial charge in [-0.15, -0.1) is 11.3 Å². The van der Waals surface area contributed by atoms with Crippen LogP contribution in [0.3, 0.4) is 0 Å². The minimum Gasteiger partial charge on any atom is -0.324 e. The summed E-state index contributed by atoms with van der Waals surface area (Å²) in [4.78, 5) is 5.66. The van der Waals surface area contributed by atoms with Gasteiger partial charge in [-0.05, 0) is 47.5 Å². The molecule has 1 aromatic carbocycles. The van der Waals surface area contributed by atoms with Gasteiger partial charge in [-0.3, -0.25) is 0 Å². The molecule has 0 bridgehead atoms. The lowest BCUT2D eigenvalue weighted by Gasteiger charge is -2.10. The summed E-state index contributed by atoms with van der Waals surface area (Å²) in [5.74, 6) is -0.283. The Kier molecular flexibility index (Phi) is 4.14. The van der Waals surface area contributed by atoms with Crippen molar-refractivity contribution in [2.75, 3.05) is 0 Å². The van der Waals surface area contributed by atoms with Crippen LogP contribution in [0.5, 0.6) is 0 Å². The lowest BCUT2D eigenvalue weighted by Crippen LogP contribution is -2.13. The largest absolute Gasteiger partial charge is 0.324 e. The Morgan fingerprint density at radius 1 is 1.44 bits per heavy atom. The first-order valence-electron chi connectivity index (χ1n) is 5.61. The van der Waals surface area contributed by atoms with E-state index in [1.807, 2.05) is 19.9 Å². The van der Waals surface area contributed by atoms with E-state index in [2.05, 4.69) is 20.9 Å². The minimum atomic E-state index is -0.283. The highest BCUT2D eigenvalue weighted by Gasteiger charge is 2.12. The summed E-state index contributed by atoms with van der Waals surface area (Å²) in [5, 5.41) is 1.00. The molecule has 0 spiro atoms. The first kappa shape index (κ1) is 13.6. The number of halogens is 2. The average Bonchev–Trinajstić information content (AvgIpc) is 2.61. The molecule has 96 valence electrons. The summed E-state index contributed by atoms with van der Waals surface area (Å²) in [5.41, 5.74) is 7.93. The molecule has 0 saturated heterocycles. The van der Waals surface area contributed by atoms with Gasteiger partial charge < -0.3 is 5.73 Å². The minimum absolute atomic E-state index is 0.224. The van der Waals surface area contributed by atoms with Crippen LogP contribution in [-0.4, -0.2) is 4.98 Å². The zero-order valence-electron chi connectivity index (χ0n) is 10.2. The molecule has 5 heteroatoms. The third-order valence-electron chi connectivity index (χ3n) is 2.84. The fourth-order valence-corrected chi connectivity index (χ4v) is 2.91. The molecule has 0 radical (unpaired) electrons. The SMILES string of the molecule is Cc1nc(CC(N)c2ccc(Br)c(F)c2)sc1C. The van der Waals surface area contributed by atoms with Crippen LogP contribution in [0.1, 0.15) is 27.2 Å². The molecule has 0 saturated carbocycles. The fraction of sp³-hybridized carbons (Fsp3) is 0.308. The molecule has 0 aliphatic carbocycles. The number of aromatic nitrogens is 1. The maximum absolute atomic E-state index is 13.4. The summed E-state index contributed by atoms with van der Waals surface area (Å²) < 4.78 is 13.9. The van der Waals surface area contributed by atoms with E-state index in [-0.39, 0.29) is 11.9 Å². The zero-order valence-corrected chi connectivity index (χ0v) is 12.6. The third kappa shape index (κ3) is 2.96. The lowest BCUT2D eigenvalue weighted by molar-refractivity contribution is 0.612. The number of aryl methyl sites for hydroxylation is 2. The van der Waals surface area contributed by atoms with Crippen molar-refractivity contribution in [3.63, 3.8) is 0 Å². The first-order chi connectivity index (χ1) is 8.47. The number of thiazole rings is 1. The van der Waals surface area contributed by atoms with Crippen molar-refractivity contribution in [1.29, 1.82) is 0 Å². The van der Waals surface area contributed by atoms with Crippen LogP contribution in [0, 0.1) is 19.7 Å². The molecule has 1 unspecified atom stereocenters. The van der Waals surface area contributed by atoms with Gasteiger partial charge in [0.2, 0.25) is 0 Å². The molecule has 0 amide bonds. The van der Waals surface area contributed by atoms with Crippen LogP contribution in [0.2, 0.25) is 0 Å². The Morgan fingerprint density at radius 3 is 2.72 bits per heavy atom. The Morgan fingerprint density at radius 2 is 2.17 bits per heavy atom. The first-order valence-corrected chi connectivity index (χ1v) is 7.21. The number of rotatable bonds is 3. The van der Waals surface area contributed by atoms with E-state index in [1.165, 1.54) is 10.9 Å². The van der Waals surface area contributed by atoms with Gasteiger partial charge in [0.1, 0.15) is 5.82 Å².